The van der Waals surface area contributed by atoms with Gasteiger partial charge in [0, 0.05) is 26.2 Å². The molecule has 0 radical (unpaired) electrons. The maximum absolute atomic E-state index is 13.0. The number of ether oxygens (including phenoxy) is 1. The van der Waals surface area contributed by atoms with Gasteiger partial charge in [-0.25, -0.2) is 0 Å². The molecule has 0 spiro atoms. The van der Waals surface area contributed by atoms with E-state index in [2.05, 4.69) is 15.5 Å². The fourth-order valence-electron chi connectivity index (χ4n) is 3.21. The van der Waals surface area contributed by atoms with E-state index < -0.39 is 0 Å². The Morgan fingerprint density at radius 1 is 1.03 bits per heavy atom. The number of methoxy groups -OCH3 is 1. The number of hydrogen-bond donors (Lipinski definition) is 2. The Morgan fingerprint density at radius 2 is 1.70 bits per heavy atom. The lowest BCUT2D eigenvalue weighted by molar-refractivity contribution is -0.119. The molecule has 3 rings (SSSR count). The molecule has 0 saturated carbocycles. The summed E-state index contributed by atoms with van der Waals surface area (Å²) in [4.78, 5) is 29.3. The van der Waals surface area contributed by atoms with Gasteiger partial charge in [0.05, 0.1) is 24.8 Å². The van der Waals surface area contributed by atoms with E-state index in [9.17, 15) is 9.59 Å². The summed E-state index contributed by atoms with van der Waals surface area (Å²) < 4.78 is 5.12. The van der Waals surface area contributed by atoms with Gasteiger partial charge in [-0.15, -0.1) is 0 Å². The van der Waals surface area contributed by atoms with Crippen molar-refractivity contribution in [2.75, 3.05) is 45.7 Å². The smallest absolute Gasteiger partial charge is 0.256 e. The van der Waals surface area contributed by atoms with E-state index in [1.807, 2.05) is 36.2 Å². The van der Waals surface area contributed by atoms with Crippen LogP contribution in [0.25, 0.3) is 0 Å². The van der Waals surface area contributed by atoms with Crippen molar-refractivity contribution in [3.63, 3.8) is 0 Å². The standard InChI is InChI=1S/C22H26N4O3S/c1-25-11-13-26(14-12-25)21(28)18-5-3-4-6-19(18)23-22(30)24-20(27)15-16-7-9-17(29-2)10-8-16/h3-10H,11-15H2,1-2H3,(H2,23,24,27,30). The van der Waals surface area contributed by atoms with Gasteiger partial charge in [0.1, 0.15) is 5.75 Å². The Hall–Kier alpha value is -2.97. The minimum Gasteiger partial charge on any atom is -0.497 e. The summed E-state index contributed by atoms with van der Waals surface area (Å²) in [5.41, 5.74) is 1.96. The number of likely N-dealkylation sites (N-methyl/N-ethyl adjacent to an activating group) is 1. The third kappa shape index (κ3) is 5.77. The third-order valence-corrected chi connectivity index (χ3v) is 5.18. The van der Waals surface area contributed by atoms with Crippen LogP contribution in [-0.2, 0) is 11.2 Å². The van der Waals surface area contributed by atoms with E-state index in [0.717, 1.165) is 24.4 Å². The van der Waals surface area contributed by atoms with E-state index in [1.165, 1.54) is 0 Å². The lowest BCUT2D eigenvalue weighted by atomic mass is 10.1. The van der Waals surface area contributed by atoms with E-state index in [4.69, 9.17) is 17.0 Å². The highest BCUT2D eigenvalue weighted by Crippen LogP contribution is 2.18. The average Bonchev–Trinajstić information content (AvgIpc) is 2.74. The number of para-hydroxylation sites is 1. The van der Waals surface area contributed by atoms with Crippen molar-refractivity contribution in [1.82, 2.24) is 15.1 Å². The number of anilines is 1. The van der Waals surface area contributed by atoms with Gasteiger partial charge < -0.3 is 25.2 Å². The number of carbonyl (C=O) groups excluding carboxylic acids is 2. The molecule has 0 unspecified atom stereocenters. The molecule has 0 aromatic heterocycles. The maximum Gasteiger partial charge on any atom is 0.256 e. The molecule has 0 atom stereocenters. The molecule has 8 heteroatoms. The zero-order valence-corrected chi connectivity index (χ0v) is 18.0. The lowest BCUT2D eigenvalue weighted by Gasteiger charge is -2.32. The molecular weight excluding hydrogens is 400 g/mol. The van der Waals surface area contributed by atoms with Crippen LogP contribution >= 0.6 is 12.2 Å². The summed E-state index contributed by atoms with van der Waals surface area (Å²) in [5, 5.41) is 5.83. The van der Waals surface area contributed by atoms with Crippen molar-refractivity contribution in [3.05, 3.63) is 59.7 Å². The number of benzene rings is 2. The second-order valence-corrected chi connectivity index (χ2v) is 7.58. The average molecular weight is 427 g/mol. The molecule has 158 valence electrons. The predicted octanol–water partition coefficient (Wildman–Crippen LogP) is 2.14. The number of amides is 2. The van der Waals surface area contributed by atoms with Crippen LogP contribution in [0.1, 0.15) is 15.9 Å². The number of rotatable bonds is 5. The quantitative estimate of drug-likeness (QED) is 0.714. The van der Waals surface area contributed by atoms with Crippen molar-refractivity contribution < 1.29 is 14.3 Å². The Kier molecular flexibility index (Phi) is 7.37. The van der Waals surface area contributed by atoms with Crippen LogP contribution in [0.3, 0.4) is 0 Å². The number of nitrogens with zero attached hydrogens (tertiary/aromatic N) is 2. The molecule has 1 aliphatic heterocycles. The van der Waals surface area contributed by atoms with Crippen LogP contribution in [-0.4, -0.2) is 67.1 Å². The Labute approximate surface area is 182 Å². The zero-order chi connectivity index (χ0) is 21.5. The first-order valence-corrected chi connectivity index (χ1v) is 10.2. The molecule has 2 N–H and O–H groups in total. The first-order chi connectivity index (χ1) is 14.5. The fourth-order valence-corrected chi connectivity index (χ4v) is 3.44. The van der Waals surface area contributed by atoms with Gasteiger partial charge in [-0.1, -0.05) is 24.3 Å². The Balaban J connectivity index is 1.59. The minimum absolute atomic E-state index is 0.0430. The summed E-state index contributed by atoms with van der Waals surface area (Å²) in [6.07, 6.45) is 0.188. The highest BCUT2D eigenvalue weighted by atomic mass is 32.1. The zero-order valence-electron chi connectivity index (χ0n) is 17.2. The largest absolute Gasteiger partial charge is 0.497 e. The van der Waals surface area contributed by atoms with Gasteiger partial charge >= 0.3 is 0 Å². The van der Waals surface area contributed by atoms with Gasteiger partial charge in [-0.3, -0.25) is 9.59 Å². The Morgan fingerprint density at radius 3 is 2.37 bits per heavy atom. The van der Waals surface area contributed by atoms with Crippen LogP contribution in [0, 0.1) is 0 Å². The monoisotopic (exact) mass is 426 g/mol. The highest BCUT2D eigenvalue weighted by Gasteiger charge is 2.22. The predicted molar refractivity (Wildman–Crippen MR) is 121 cm³/mol. The molecule has 1 aliphatic rings. The van der Waals surface area contributed by atoms with Crippen LogP contribution in [0.2, 0.25) is 0 Å². The fraction of sp³-hybridized carbons (Fsp3) is 0.318. The maximum atomic E-state index is 13.0. The first kappa shape index (κ1) is 21.7. The summed E-state index contributed by atoms with van der Waals surface area (Å²) in [6, 6.07) is 14.5. The van der Waals surface area contributed by atoms with Crippen molar-refractivity contribution >= 4 is 34.8 Å². The molecule has 30 heavy (non-hydrogen) atoms. The van der Waals surface area contributed by atoms with Crippen LogP contribution < -0.4 is 15.4 Å². The minimum atomic E-state index is -0.236. The number of hydrogen-bond acceptors (Lipinski definition) is 5. The number of thiocarbonyl (C=S) groups is 1. The second-order valence-electron chi connectivity index (χ2n) is 7.17. The molecular formula is C22H26N4O3S. The van der Waals surface area contributed by atoms with Crippen LogP contribution in [0.4, 0.5) is 5.69 Å². The molecule has 0 aliphatic carbocycles. The van der Waals surface area contributed by atoms with Crippen molar-refractivity contribution in [1.29, 1.82) is 0 Å². The molecule has 7 nitrogen and oxygen atoms in total. The van der Waals surface area contributed by atoms with Crippen molar-refractivity contribution in [2.45, 2.75) is 6.42 Å². The molecule has 1 saturated heterocycles. The van der Waals surface area contributed by atoms with Gasteiger partial charge in [0.2, 0.25) is 5.91 Å². The topological polar surface area (TPSA) is 73.9 Å². The summed E-state index contributed by atoms with van der Waals surface area (Å²) in [5.74, 6) is 0.456. The number of piperazine rings is 1. The summed E-state index contributed by atoms with van der Waals surface area (Å²) in [6.45, 7) is 3.07. The molecule has 2 amide bonds. The van der Waals surface area contributed by atoms with E-state index >= 15 is 0 Å². The SMILES string of the molecule is COc1ccc(CC(=O)NC(=S)Nc2ccccc2C(=O)N2CCN(C)CC2)cc1. The van der Waals surface area contributed by atoms with E-state index in [1.54, 1.807) is 31.4 Å². The molecule has 1 fully saturated rings. The van der Waals surface area contributed by atoms with Gasteiger partial charge in [-0.2, -0.15) is 0 Å². The van der Waals surface area contributed by atoms with Crippen LogP contribution in [0.15, 0.2) is 48.5 Å². The number of carbonyl (C=O) groups is 2. The normalized spacial score (nSPS) is 14.1. The molecule has 2 aromatic carbocycles. The Bertz CT molecular complexity index is 909. The molecule has 1 heterocycles. The molecule has 0 bridgehead atoms. The lowest BCUT2D eigenvalue weighted by Crippen LogP contribution is -2.47. The van der Waals surface area contributed by atoms with E-state index in [-0.39, 0.29) is 23.3 Å². The van der Waals surface area contributed by atoms with Gasteiger partial charge in [0.25, 0.3) is 5.91 Å². The van der Waals surface area contributed by atoms with Gasteiger partial charge in [0.15, 0.2) is 5.11 Å². The van der Waals surface area contributed by atoms with Crippen molar-refractivity contribution in [3.8, 4) is 5.75 Å². The highest BCUT2D eigenvalue weighted by molar-refractivity contribution is 7.80. The number of nitrogens with one attached hydrogen (secondary N) is 2. The molecule has 2 aromatic rings. The second kappa shape index (κ2) is 10.2. The first-order valence-electron chi connectivity index (χ1n) is 9.77. The summed E-state index contributed by atoms with van der Waals surface area (Å²) >= 11 is 5.29. The third-order valence-electron chi connectivity index (χ3n) is 4.97. The van der Waals surface area contributed by atoms with Gasteiger partial charge in [-0.05, 0) is 49.1 Å². The van der Waals surface area contributed by atoms with Crippen LogP contribution in [0.5, 0.6) is 5.75 Å². The van der Waals surface area contributed by atoms with E-state index in [0.29, 0.717) is 24.3 Å². The van der Waals surface area contributed by atoms with Crippen molar-refractivity contribution in [2.24, 2.45) is 0 Å². The summed E-state index contributed by atoms with van der Waals surface area (Å²) in [7, 11) is 3.64.